The number of nitrogens with zero attached hydrogens (tertiary/aromatic N) is 5. The Balaban J connectivity index is 1.65. The van der Waals surface area contributed by atoms with Crippen molar-refractivity contribution < 1.29 is 14.9 Å². The van der Waals surface area contributed by atoms with Gasteiger partial charge in [-0.15, -0.1) is 0 Å². The van der Waals surface area contributed by atoms with Crippen molar-refractivity contribution in [1.82, 2.24) is 23.5 Å². The third-order valence-corrected chi connectivity index (χ3v) is 5.77. The van der Waals surface area contributed by atoms with Crippen LogP contribution in [0.1, 0.15) is 11.4 Å². The Morgan fingerprint density at radius 3 is 2.43 bits per heavy atom. The summed E-state index contributed by atoms with van der Waals surface area (Å²) in [6.07, 6.45) is -1.28. The number of benzene rings is 2. The minimum Gasteiger partial charge on any atom is -0.430 e. The third-order valence-electron chi connectivity index (χ3n) is 4.83. The first-order valence-electron chi connectivity index (χ1n) is 10.4. The van der Waals surface area contributed by atoms with E-state index in [-0.39, 0.29) is 19.0 Å². The molecule has 0 amide bonds. The van der Waals surface area contributed by atoms with Crippen molar-refractivity contribution in [1.29, 1.82) is 0 Å². The van der Waals surface area contributed by atoms with E-state index in [0.29, 0.717) is 27.5 Å². The molecule has 2 aromatic heterocycles. The molecular weight excluding hydrogens is 496 g/mol. The number of hydrogen-bond acceptors (Lipinski definition) is 10. The molecule has 0 saturated carbocycles. The molecule has 0 unspecified atom stereocenters. The minimum absolute atomic E-state index is 0.0121. The molecule has 0 fully saturated rings. The Bertz CT molecular complexity index is 1420. The van der Waals surface area contributed by atoms with Gasteiger partial charge < -0.3 is 20.3 Å². The van der Waals surface area contributed by atoms with Crippen LogP contribution < -0.4 is 21.4 Å². The summed E-state index contributed by atoms with van der Waals surface area (Å²) < 4.78 is 11.8. The maximum absolute atomic E-state index is 13.2. The molecule has 1 atom stereocenters. The zero-order valence-corrected chi connectivity index (χ0v) is 20.0. The maximum Gasteiger partial charge on any atom is 0.355 e. The molecule has 182 valence electrons. The molecule has 0 saturated heterocycles. The highest BCUT2D eigenvalue weighted by Crippen LogP contribution is 2.25. The smallest absolute Gasteiger partial charge is 0.355 e. The van der Waals surface area contributed by atoms with Crippen LogP contribution in [0.5, 0.6) is 10.9 Å². The first-order chi connectivity index (χ1) is 16.8. The van der Waals surface area contributed by atoms with E-state index < -0.39 is 24.1 Å². The van der Waals surface area contributed by atoms with Crippen LogP contribution in [0.2, 0.25) is 5.02 Å². The normalized spacial score (nSPS) is 11.9. The van der Waals surface area contributed by atoms with E-state index in [1.807, 2.05) is 0 Å². The lowest BCUT2D eigenvalue weighted by Crippen LogP contribution is -2.45. The van der Waals surface area contributed by atoms with Crippen molar-refractivity contribution in [3.8, 4) is 10.9 Å². The fourth-order valence-electron chi connectivity index (χ4n) is 3.12. The highest BCUT2D eigenvalue weighted by Gasteiger charge is 2.16. The summed E-state index contributed by atoms with van der Waals surface area (Å²) in [6, 6.07) is 13.7. The lowest BCUT2D eigenvalue weighted by Gasteiger charge is -2.17. The van der Waals surface area contributed by atoms with Gasteiger partial charge in [-0.25, -0.2) is 14.2 Å². The fourth-order valence-corrected chi connectivity index (χ4v) is 3.80. The standard InChI is InChI=1S/C22H21ClN6O5S/c1-13-24-21(35-27-13)34-18-8-6-16(7-9-18)25-19-26-20(32)29(11-17(31)12-30)22(33)28(19)10-14-2-4-15(23)5-3-14/h2-9,17,30-31H,10-12H2,1H3,(H,25,26,32)/t17-/m1/s1. The van der Waals surface area contributed by atoms with E-state index in [1.54, 1.807) is 55.5 Å². The van der Waals surface area contributed by atoms with Crippen molar-refractivity contribution in [2.24, 2.45) is 0 Å². The molecule has 0 aliphatic carbocycles. The molecule has 2 aromatic carbocycles. The van der Waals surface area contributed by atoms with Crippen LogP contribution >= 0.6 is 23.1 Å². The van der Waals surface area contributed by atoms with E-state index in [1.165, 1.54) is 4.57 Å². The first kappa shape index (κ1) is 24.5. The largest absolute Gasteiger partial charge is 0.430 e. The van der Waals surface area contributed by atoms with E-state index in [9.17, 15) is 14.7 Å². The lowest BCUT2D eigenvalue weighted by molar-refractivity contribution is 0.0785. The van der Waals surface area contributed by atoms with Crippen LogP contribution in [0.25, 0.3) is 0 Å². The number of aliphatic hydroxyl groups is 2. The van der Waals surface area contributed by atoms with E-state index in [2.05, 4.69) is 19.7 Å². The number of aryl methyl sites for hydroxylation is 1. The van der Waals surface area contributed by atoms with Crippen LogP contribution in [0.15, 0.2) is 58.1 Å². The van der Waals surface area contributed by atoms with Crippen LogP contribution in [0.4, 0.5) is 11.6 Å². The number of hydrogen-bond donors (Lipinski definition) is 3. The van der Waals surface area contributed by atoms with E-state index in [4.69, 9.17) is 21.4 Å². The Hall–Kier alpha value is -3.58. The average molecular weight is 517 g/mol. The topological polar surface area (TPSA) is 144 Å². The van der Waals surface area contributed by atoms with Crippen molar-refractivity contribution in [3.05, 3.63) is 85.9 Å². The molecule has 0 radical (unpaired) electrons. The summed E-state index contributed by atoms with van der Waals surface area (Å²) in [5.41, 5.74) is -0.258. The number of anilines is 2. The van der Waals surface area contributed by atoms with Gasteiger partial charge in [-0.1, -0.05) is 23.7 Å². The SMILES string of the molecule is Cc1nsc(Oc2ccc(Nc3nc(=O)n(C[C@@H](O)CO)c(=O)n3Cc3ccc(Cl)cc3)cc2)n1. The molecule has 13 heteroatoms. The van der Waals surface area contributed by atoms with Crippen LogP contribution in [0, 0.1) is 6.92 Å². The quantitative estimate of drug-likeness (QED) is 0.304. The number of rotatable bonds is 9. The molecule has 0 aliphatic heterocycles. The highest BCUT2D eigenvalue weighted by atomic mass is 35.5. The van der Waals surface area contributed by atoms with Crippen molar-refractivity contribution >= 4 is 34.8 Å². The molecule has 4 aromatic rings. The molecule has 0 bridgehead atoms. The number of nitrogens with one attached hydrogen (secondary N) is 1. The van der Waals surface area contributed by atoms with Gasteiger partial charge in [0.2, 0.25) is 5.95 Å². The van der Waals surface area contributed by atoms with Gasteiger partial charge in [-0.2, -0.15) is 14.3 Å². The van der Waals surface area contributed by atoms with Gasteiger partial charge in [0.1, 0.15) is 11.6 Å². The average Bonchev–Trinajstić information content (AvgIpc) is 3.25. The Kier molecular flexibility index (Phi) is 7.56. The Morgan fingerprint density at radius 1 is 1.09 bits per heavy atom. The van der Waals surface area contributed by atoms with Gasteiger partial charge in [0.05, 0.1) is 25.8 Å². The molecule has 35 heavy (non-hydrogen) atoms. The molecule has 0 spiro atoms. The van der Waals surface area contributed by atoms with Gasteiger partial charge in [0.15, 0.2) is 0 Å². The summed E-state index contributed by atoms with van der Waals surface area (Å²) in [5, 5.41) is 22.9. The van der Waals surface area contributed by atoms with Crippen LogP contribution in [-0.4, -0.2) is 46.4 Å². The first-order valence-corrected chi connectivity index (χ1v) is 11.6. The van der Waals surface area contributed by atoms with Gasteiger partial charge >= 0.3 is 11.4 Å². The van der Waals surface area contributed by atoms with Gasteiger partial charge in [0.25, 0.3) is 5.19 Å². The third kappa shape index (κ3) is 6.11. The monoisotopic (exact) mass is 516 g/mol. The lowest BCUT2D eigenvalue weighted by atomic mass is 10.2. The second-order valence-corrected chi connectivity index (χ2v) is 8.67. The molecule has 3 N–H and O–H groups in total. The van der Waals surface area contributed by atoms with E-state index >= 15 is 0 Å². The summed E-state index contributed by atoms with van der Waals surface area (Å²) in [6.45, 7) is 0.858. The highest BCUT2D eigenvalue weighted by molar-refractivity contribution is 7.07. The summed E-state index contributed by atoms with van der Waals surface area (Å²) in [4.78, 5) is 33.9. The molecule has 4 rings (SSSR count). The molecule has 11 nitrogen and oxygen atoms in total. The Morgan fingerprint density at radius 2 is 1.80 bits per heavy atom. The molecule has 0 aliphatic rings. The van der Waals surface area contributed by atoms with Gasteiger partial charge in [-0.3, -0.25) is 4.57 Å². The molecular formula is C22H21ClN6O5S. The molecule has 2 heterocycles. The van der Waals surface area contributed by atoms with E-state index in [0.717, 1.165) is 21.7 Å². The number of halogens is 1. The zero-order chi connectivity index (χ0) is 24.9. The summed E-state index contributed by atoms with van der Waals surface area (Å²) in [7, 11) is 0. The number of ether oxygens (including phenoxy) is 1. The summed E-state index contributed by atoms with van der Waals surface area (Å²) >= 11 is 7.10. The second-order valence-electron chi connectivity index (χ2n) is 7.52. The minimum atomic E-state index is -1.28. The number of aromatic nitrogens is 5. The van der Waals surface area contributed by atoms with Crippen molar-refractivity contribution in [2.45, 2.75) is 26.1 Å². The predicted octanol–water partition coefficient (Wildman–Crippen LogP) is 2.16. The van der Waals surface area contributed by atoms with Crippen LogP contribution in [0.3, 0.4) is 0 Å². The van der Waals surface area contributed by atoms with Crippen LogP contribution in [-0.2, 0) is 13.1 Å². The Labute approximate surface area is 208 Å². The van der Waals surface area contributed by atoms with Gasteiger partial charge in [0, 0.05) is 22.2 Å². The number of aliphatic hydroxyl groups excluding tert-OH is 2. The summed E-state index contributed by atoms with van der Waals surface area (Å²) in [5.74, 6) is 1.17. The van der Waals surface area contributed by atoms with Crippen molar-refractivity contribution in [3.63, 3.8) is 0 Å². The maximum atomic E-state index is 13.2. The zero-order valence-electron chi connectivity index (χ0n) is 18.5. The predicted molar refractivity (Wildman–Crippen MR) is 131 cm³/mol. The second kappa shape index (κ2) is 10.8. The van der Waals surface area contributed by atoms with Crippen molar-refractivity contribution in [2.75, 3.05) is 11.9 Å². The van der Waals surface area contributed by atoms with Gasteiger partial charge in [-0.05, 0) is 48.9 Å². The fraction of sp³-hybridized carbons (Fsp3) is 0.227.